The van der Waals surface area contributed by atoms with Crippen LogP contribution in [0.4, 0.5) is 0 Å². The first-order chi connectivity index (χ1) is 7.94. The lowest BCUT2D eigenvalue weighted by Crippen LogP contribution is -2.38. The summed E-state index contributed by atoms with van der Waals surface area (Å²) in [6.07, 6.45) is 0.651. The minimum Gasteiger partial charge on any atom is -0.389 e. The highest BCUT2D eigenvalue weighted by atomic mass is 32.1. The molecule has 3 nitrogen and oxygen atoms in total. The van der Waals surface area contributed by atoms with Gasteiger partial charge in [-0.2, -0.15) is 0 Å². The largest absolute Gasteiger partial charge is 0.389 e. The molecule has 1 aromatic rings. The second-order valence-corrected chi connectivity index (χ2v) is 6.24. The first kappa shape index (κ1) is 14.6. The first-order valence-electron chi connectivity index (χ1n) is 5.92. The number of hydrogen-bond acceptors (Lipinski definition) is 4. The third-order valence-electron chi connectivity index (χ3n) is 2.81. The van der Waals surface area contributed by atoms with Crippen LogP contribution in [0.3, 0.4) is 0 Å². The second kappa shape index (κ2) is 6.50. The van der Waals surface area contributed by atoms with Crippen LogP contribution in [0, 0.1) is 13.8 Å². The summed E-state index contributed by atoms with van der Waals surface area (Å²) in [4.78, 5) is 2.69. The van der Waals surface area contributed by atoms with Crippen molar-refractivity contribution in [3.05, 3.63) is 21.4 Å². The minimum atomic E-state index is -0.699. The van der Waals surface area contributed by atoms with Crippen molar-refractivity contribution in [1.29, 1.82) is 0 Å². The number of nitrogens with one attached hydrogen (secondary N) is 1. The summed E-state index contributed by atoms with van der Waals surface area (Å²) >= 11 is 1.82. The molecule has 0 aliphatic rings. The van der Waals surface area contributed by atoms with E-state index in [0.717, 1.165) is 6.54 Å². The number of rotatable bonds is 7. The SMILES string of the molecule is COCCC(C)(O)CNCc1cc(C)sc1C. The minimum absolute atomic E-state index is 0.588. The van der Waals surface area contributed by atoms with Crippen LogP contribution in [-0.4, -0.2) is 31.0 Å². The van der Waals surface area contributed by atoms with Crippen molar-refractivity contribution in [3.8, 4) is 0 Å². The fraction of sp³-hybridized carbons (Fsp3) is 0.692. The van der Waals surface area contributed by atoms with E-state index in [9.17, 15) is 5.11 Å². The molecule has 0 amide bonds. The molecule has 0 saturated heterocycles. The van der Waals surface area contributed by atoms with Gasteiger partial charge >= 0.3 is 0 Å². The van der Waals surface area contributed by atoms with Gasteiger partial charge in [0.15, 0.2) is 0 Å². The zero-order chi connectivity index (χ0) is 12.9. The number of aryl methyl sites for hydroxylation is 2. The topological polar surface area (TPSA) is 41.5 Å². The molecule has 98 valence electrons. The van der Waals surface area contributed by atoms with Gasteiger partial charge in [0, 0.05) is 43.0 Å². The van der Waals surface area contributed by atoms with Gasteiger partial charge in [0.05, 0.1) is 5.60 Å². The Kier molecular flexibility index (Phi) is 5.59. The van der Waals surface area contributed by atoms with Crippen LogP contribution in [0.15, 0.2) is 6.07 Å². The number of aliphatic hydroxyl groups is 1. The lowest BCUT2D eigenvalue weighted by Gasteiger charge is -2.23. The van der Waals surface area contributed by atoms with Crippen molar-refractivity contribution in [3.63, 3.8) is 0 Å². The fourth-order valence-corrected chi connectivity index (χ4v) is 2.68. The standard InChI is InChI=1S/C13H23NO2S/c1-10-7-12(11(2)17-10)8-14-9-13(3,15)5-6-16-4/h7,14-15H,5-6,8-9H2,1-4H3. The number of hydrogen-bond donors (Lipinski definition) is 2. The van der Waals surface area contributed by atoms with E-state index in [4.69, 9.17) is 4.74 Å². The van der Waals surface area contributed by atoms with Gasteiger partial charge in [-0.3, -0.25) is 0 Å². The van der Waals surface area contributed by atoms with E-state index in [1.165, 1.54) is 15.3 Å². The van der Waals surface area contributed by atoms with E-state index in [1.54, 1.807) is 7.11 Å². The van der Waals surface area contributed by atoms with Gasteiger partial charge in [-0.25, -0.2) is 0 Å². The molecule has 0 radical (unpaired) electrons. The van der Waals surface area contributed by atoms with Crippen molar-refractivity contribution in [2.24, 2.45) is 0 Å². The second-order valence-electron chi connectivity index (χ2n) is 4.78. The maximum Gasteiger partial charge on any atom is 0.0765 e. The van der Waals surface area contributed by atoms with Crippen LogP contribution < -0.4 is 5.32 Å². The van der Waals surface area contributed by atoms with Gasteiger partial charge in [0.2, 0.25) is 0 Å². The average Bonchev–Trinajstić information content (AvgIpc) is 2.55. The molecule has 0 spiro atoms. The lowest BCUT2D eigenvalue weighted by atomic mass is 10.0. The van der Waals surface area contributed by atoms with Gasteiger partial charge in [-0.1, -0.05) is 0 Å². The molecule has 0 bridgehead atoms. The third kappa shape index (κ3) is 5.17. The van der Waals surface area contributed by atoms with Crippen molar-refractivity contribution in [1.82, 2.24) is 5.32 Å². The summed E-state index contributed by atoms with van der Waals surface area (Å²) < 4.78 is 4.98. The van der Waals surface area contributed by atoms with E-state index < -0.39 is 5.60 Å². The summed E-state index contributed by atoms with van der Waals surface area (Å²) in [5.74, 6) is 0. The average molecular weight is 257 g/mol. The Morgan fingerprint density at radius 1 is 1.47 bits per heavy atom. The van der Waals surface area contributed by atoms with Crippen LogP contribution in [0.2, 0.25) is 0 Å². The predicted octanol–water partition coefficient (Wildman–Crippen LogP) is 2.24. The van der Waals surface area contributed by atoms with Crippen LogP contribution in [0.1, 0.15) is 28.7 Å². The molecule has 17 heavy (non-hydrogen) atoms. The predicted molar refractivity (Wildman–Crippen MR) is 72.6 cm³/mol. The van der Waals surface area contributed by atoms with Gasteiger partial charge in [-0.15, -0.1) is 11.3 Å². The summed E-state index contributed by atoms with van der Waals surface area (Å²) in [7, 11) is 1.65. The summed E-state index contributed by atoms with van der Waals surface area (Å²) in [5.41, 5.74) is 0.629. The normalized spacial score (nSPS) is 14.9. The fourth-order valence-electron chi connectivity index (χ4n) is 1.74. The monoisotopic (exact) mass is 257 g/mol. The quantitative estimate of drug-likeness (QED) is 0.787. The Labute approximate surface area is 108 Å². The van der Waals surface area contributed by atoms with Crippen LogP contribution in [-0.2, 0) is 11.3 Å². The highest BCUT2D eigenvalue weighted by Crippen LogP contribution is 2.20. The van der Waals surface area contributed by atoms with Gasteiger partial charge in [0.1, 0.15) is 0 Å². The van der Waals surface area contributed by atoms with Crippen molar-refractivity contribution in [2.75, 3.05) is 20.3 Å². The van der Waals surface area contributed by atoms with E-state index in [-0.39, 0.29) is 0 Å². The number of ether oxygens (including phenoxy) is 1. The molecule has 0 aliphatic heterocycles. The molecule has 1 heterocycles. The molecule has 1 rings (SSSR count). The van der Waals surface area contributed by atoms with Gasteiger partial charge in [0.25, 0.3) is 0 Å². The molecular formula is C13H23NO2S. The molecule has 1 unspecified atom stereocenters. The number of methoxy groups -OCH3 is 1. The van der Waals surface area contributed by atoms with Crippen LogP contribution in [0.25, 0.3) is 0 Å². The van der Waals surface area contributed by atoms with E-state index in [0.29, 0.717) is 19.6 Å². The molecule has 0 saturated carbocycles. The van der Waals surface area contributed by atoms with Crippen molar-refractivity contribution in [2.45, 2.75) is 39.3 Å². The molecular weight excluding hydrogens is 234 g/mol. The Balaban J connectivity index is 2.34. The molecule has 0 fully saturated rings. The van der Waals surface area contributed by atoms with E-state index in [2.05, 4.69) is 25.2 Å². The molecule has 2 N–H and O–H groups in total. The van der Waals surface area contributed by atoms with Crippen LogP contribution in [0.5, 0.6) is 0 Å². The third-order valence-corrected chi connectivity index (χ3v) is 3.82. The van der Waals surface area contributed by atoms with Crippen LogP contribution >= 0.6 is 11.3 Å². The summed E-state index contributed by atoms with van der Waals surface area (Å²) in [5, 5.41) is 13.4. The Morgan fingerprint density at radius 2 is 2.18 bits per heavy atom. The molecule has 0 aromatic carbocycles. The highest BCUT2D eigenvalue weighted by Gasteiger charge is 2.19. The zero-order valence-corrected chi connectivity index (χ0v) is 12.0. The highest BCUT2D eigenvalue weighted by molar-refractivity contribution is 7.12. The molecule has 4 heteroatoms. The lowest BCUT2D eigenvalue weighted by molar-refractivity contribution is 0.0247. The summed E-state index contributed by atoms with van der Waals surface area (Å²) in [6.45, 7) is 8.09. The Morgan fingerprint density at radius 3 is 2.71 bits per heavy atom. The maximum atomic E-state index is 10.1. The zero-order valence-electron chi connectivity index (χ0n) is 11.2. The van der Waals surface area contributed by atoms with Crippen molar-refractivity contribution < 1.29 is 9.84 Å². The van der Waals surface area contributed by atoms with Crippen molar-refractivity contribution >= 4 is 11.3 Å². The first-order valence-corrected chi connectivity index (χ1v) is 6.74. The maximum absolute atomic E-state index is 10.1. The Bertz CT molecular complexity index is 347. The van der Waals surface area contributed by atoms with Gasteiger partial charge < -0.3 is 15.2 Å². The number of thiophene rings is 1. The molecule has 0 aliphatic carbocycles. The molecule has 1 atom stereocenters. The molecule has 1 aromatic heterocycles. The van der Waals surface area contributed by atoms with E-state index in [1.807, 2.05) is 18.3 Å². The van der Waals surface area contributed by atoms with E-state index >= 15 is 0 Å². The van der Waals surface area contributed by atoms with Gasteiger partial charge in [-0.05, 0) is 32.4 Å². The summed E-state index contributed by atoms with van der Waals surface area (Å²) in [6, 6.07) is 2.21. The smallest absolute Gasteiger partial charge is 0.0765 e. The Hall–Kier alpha value is -0.420.